The number of carboxylic acid groups (broad SMARTS) is 1. The molecular weight excluding hydrogens is 318 g/mol. The molecule has 8 heteroatoms. The minimum atomic E-state index is -1.90. The van der Waals surface area contributed by atoms with Crippen LogP contribution in [-0.2, 0) is 41.7 Å². The lowest BCUT2D eigenvalue weighted by atomic mass is 10.1. The van der Waals surface area contributed by atoms with E-state index in [1.54, 1.807) is 0 Å². The summed E-state index contributed by atoms with van der Waals surface area (Å²) in [6.07, 6.45) is -3.64. The van der Waals surface area contributed by atoms with Crippen LogP contribution < -0.4 is 0 Å². The molecule has 0 bridgehead atoms. The molecule has 1 aliphatic heterocycles. The third kappa shape index (κ3) is 3.89. The van der Waals surface area contributed by atoms with Gasteiger partial charge >= 0.3 is 17.9 Å². The Morgan fingerprint density at radius 1 is 0.958 bits per heavy atom. The fraction of sp³-hybridized carbons (Fsp3) is 0.375. The van der Waals surface area contributed by atoms with E-state index in [2.05, 4.69) is 4.74 Å². The van der Waals surface area contributed by atoms with Gasteiger partial charge in [-0.2, -0.15) is 0 Å². The maximum absolute atomic E-state index is 12.7. The molecule has 1 aromatic carbocycles. The molecule has 1 aliphatic rings. The van der Waals surface area contributed by atoms with Gasteiger partial charge in [0.15, 0.2) is 0 Å². The van der Waals surface area contributed by atoms with E-state index in [0.717, 1.165) is 25.0 Å². The second kappa shape index (κ2) is 7.12. The van der Waals surface area contributed by atoms with Crippen molar-refractivity contribution in [2.75, 3.05) is 0 Å². The van der Waals surface area contributed by atoms with Crippen molar-refractivity contribution in [3.63, 3.8) is 0 Å². The molecule has 0 radical (unpaired) electrons. The molecule has 2 unspecified atom stereocenters. The minimum absolute atomic E-state index is 0.263. The molecule has 1 heterocycles. The average molecular weight is 335 g/mol. The van der Waals surface area contributed by atoms with Crippen LogP contribution in [0, 0.1) is 0 Å². The summed E-state index contributed by atoms with van der Waals surface area (Å²) in [6.45, 7) is 2.58. The maximum atomic E-state index is 12.7. The highest BCUT2D eigenvalue weighted by Crippen LogP contribution is 2.24. The number of hydrogen-bond donors (Lipinski definition) is 1. The van der Waals surface area contributed by atoms with Gasteiger partial charge in [0, 0.05) is 26.9 Å². The Labute approximate surface area is 138 Å². The zero-order valence-corrected chi connectivity index (χ0v) is 13.2. The van der Waals surface area contributed by atoms with Crippen LogP contribution in [-0.4, -0.2) is 46.0 Å². The number of esters is 2. The molecule has 0 spiro atoms. The van der Waals surface area contributed by atoms with Crippen molar-refractivity contribution in [2.24, 2.45) is 0 Å². The Morgan fingerprint density at radius 2 is 1.42 bits per heavy atom. The Bertz CT molecular complexity index is 660. The van der Waals surface area contributed by atoms with E-state index in [1.807, 2.05) is 24.3 Å². The molecule has 0 fully saturated rings. The Morgan fingerprint density at radius 3 is 1.83 bits per heavy atom. The van der Waals surface area contributed by atoms with Gasteiger partial charge in [-0.1, -0.05) is 24.3 Å². The number of rotatable bonds is 5. The van der Waals surface area contributed by atoms with Crippen LogP contribution in [0.3, 0.4) is 0 Å². The van der Waals surface area contributed by atoms with Gasteiger partial charge in [-0.05, 0) is 11.1 Å². The number of hydrogen-bond acceptors (Lipinski definition) is 6. The van der Waals surface area contributed by atoms with E-state index in [-0.39, 0.29) is 13.1 Å². The third-order valence-electron chi connectivity index (χ3n) is 3.50. The molecule has 128 valence electrons. The van der Waals surface area contributed by atoms with E-state index >= 15 is 0 Å². The highest BCUT2D eigenvalue weighted by atomic mass is 16.6. The number of aliphatic carboxylic acids is 1. The molecule has 1 N–H and O–H groups in total. The summed E-state index contributed by atoms with van der Waals surface area (Å²) in [7, 11) is 0. The van der Waals surface area contributed by atoms with Crippen LogP contribution in [0.15, 0.2) is 24.3 Å². The molecule has 0 saturated carbocycles. The lowest BCUT2D eigenvalue weighted by Crippen LogP contribution is -2.50. The maximum Gasteiger partial charge on any atom is 0.349 e. The normalized spacial score (nSPS) is 15.2. The van der Waals surface area contributed by atoms with Crippen LogP contribution >= 0.6 is 0 Å². The number of carboxylic acids is 1. The Kier molecular flexibility index (Phi) is 5.18. The van der Waals surface area contributed by atoms with Crippen molar-refractivity contribution in [1.82, 2.24) is 4.90 Å². The first-order chi connectivity index (χ1) is 11.3. The van der Waals surface area contributed by atoms with Crippen molar-refractivity contribution in [2.45, 2.75) is 39.1 Å². The summed E-state index contributed by atoms with van der Waals surface area (Å²) in [5.41, 5.74) is 1.85. The van der Waals surface area contributed by atoms with Crippen molar-refractivity contribution in [1.29, 1.82) is 0 Å². The molecule has 0 aromatic heterocycles. The summed E-state index contributed by atoms with van der Waals surface area (Å²) in [4.78, 5) is 47.8. The predicted octanol–water partition coefficient (Wildman–Crippen LogP) is 0.477. The molecule has 0 aliphatic carbocycles. The first-order valence-electron chi connectivity index (χ1n) is 7.22. The topological polar surface area (TPSA) is 110 Å². The zero-order valence-electron chi connectivity index (χ0n) is 13.2. The van der Waals surface area contributed by atoms with Crippen LogP contribution in [0.5, 0.6) is 0 Å². The van der Waals surface area contributed by atoms with E-state index in [4.69, 9.17) is 4.74 Å². The van der Waals surface area contributed by atoms with Crippen molar-refractivity contribution < 1.29 is 33.8 Å². The lowest BCUT2D eigenvalue weighted by molar-refractivity contribution is -0.183. The summed E-state index contributed by atoms with van der Waals surface area (Å²) in [5.74, 6) is -4.03. The molecule has 2 atom stereocenters. The molecule has 0 saturated heterocycles. The second-order valence-corrected chi connectivity index (χ2v) is 5.36. The fourth-order valence-electron chi connectivity index (χ4n) is 2.51. The van der Waals surface area contributed by atoms with Gasteiger partial charge in [0.1, 0.15) is 0 Å². The van der Waals surface area contributed by atoms with Gasteiger partial charge in [-0.25, -0.2) is 4.79 Å². The molecular formula is C16H17NO7. The number of nitrogens with zero attached hydrogens (tertiary/aromatic N) is 1. The van der Waals surface area contributed by atoms with Crippen molar-refractivity contribution in [3.05, 3.63) is 35.4 Å². The van der Waals surface area contributed by atoms with Crippen LogP contribution in [0.4, 0.5) is 0 Å². The quantitative estimate of drug-likeness (QED) is 0.779. The number of fused-ring (bicyclic) bond motifs is 1. The molecule has 1 aromatic rings. The third-order valence-corrected chi connectivity index (χ3v) is 3.50. The van der Waals surface area contributed by atoms with Gasteiger partial charge in [0.2, 0.25) is 12.2 Å². The van der Waals surface area contributed by atoms with Crippen LogP contribution in [0.2, 0.25) is 0 Å². The minimum Gasteiger partial charge on any atom is -0.478 e. The zero-order chi connectivity index (χ0) is 17.9. The van der Waals surface area contributed by atoms with Gasteiger partial charge < -0.3 is 19.5 Å². The van der Waals surface area contributed by atoms with Gasteiger partial charge in [0.25, 0.3) is 5.91 Å². The molecule has 2 rings (SSSR count). The molecule has 1 amide bonds. The number of carbonyl (C=O) groups excluding carboxylic acids is 3. The largest absolute Gasteiger partial charge is 0.478 e. The van der Waals surface area contributed by atoms with Crippen molar-refractivity contribution in [3.8, 4) is 0 Å². The monoisotopic (exact) mass is 335 g/mol. The summed E-state index contributed by atoms with van der Waals surface area (Å²) in [6, 6.07) is 7.36. The first-order valence-corrected chi connectivity index (χ1v) is 7.22. The van der Waals surface area contributed by atoms with Gasteiger partial charge in [-0.15, -0.1) is 0 Å². The summed E-state index contributed by atoms with van der Waals surface area (Å²) >= 11 is 0. The second-order valence-electron chi connectivity index (χ2n) is 5.36. The predicted molar refractivity (Wildman–Crippen MR) is 79.4 cm³/mol. The van der Waals surface area contributed by atoms with E-state index in [0.29, 0.717) is 0 Å². The van der Waals surface area contributed by atoms with E-state index in [9.17, 15) is 24.3 Å². The van der Waals surface area contributed by atoms with Crippen molar-refractivity contribution >= 4 is 23.8 Å². The molecule has 24 heavy (non-hydrogen) atoms. The number of carbonyl (C=O) groups is 4. The standard InChI is InChI=1S/C16H17NO7/c1-9(18)23-13(14(16(21)22)24-10(2)19)15(20)17-7-11-5-3-4-6-12(11)8-17/h3-6,13-14H,7-8H2,1-2H3,(H,21,22). The SMILES string of the molecule is CC(=O)OC(C(=O)O)C(OC(C)=O)C(=O)N1Cc2ccccc2C1. The summed E-state index contributed by atoms with van der Waals surface area (Å²) < 4.78 is 9.53. The number of benzene rings is 1. The van der Waals surface area contributed by atoms with Gasteiger partial charge in [-0.3, -0.25) is 14.4 Å². The summed E-state index contributed by atoms with van der Waals surface area (Å²) in [5, 5.41) is 9.23. The van der Waals surface area contributed by atoms with E-state index in [1.165, 1.54) is 4.90 Å². The highest BCUT2D eigenvalue weighted by molar-refractivity contribution is 5.91. The Balaban J connectivity index is 2.24. The Hall–Kier alpha value is -2.90. The molecule has 8 nitrogen and oxygen atoms in total. The average Bonchev–Trinajstić information content (AvgIpc) is 2.93. The number of ether oxygens (including phenoxy) is 2. The van der Waals surface area contributed by atoms with Crippen LogP contribution in [0.1, 0.15) is 25.0 Å². The number of amides is 1. The van der Waals surface area contributed by atoms with E-state index < -0.39 is 36.0 Å². The smallest absolute Gasteiger partial charge is 0.349 e. The highest BCUT2D eigenvalue weighted by Gasteiger charge is 2.42. The van der Waals surface area contributed by atoms with Gasteiger partial charge in [0.05, 0.1) is 0 Å². The lowest BCUT2D eigenvalue weighted by Gasteiger charge is -2.26. The first kappa shape index (κ1) is 17.5. The fourth-order valence-corrected chi connectivity index (χ4v) is 2.51. The van der Waals surface area contributed by atoms with Crippen LogP contribution in [0.25, 0.3) is 0 Å².